The summed E-state index contributed by atoms with van der Waals surface area (Å²) in [6.07, 6.45) is 6.41. The smallest absolute Gasteiger partial charge is 0.244 e. The van der Waals surface area contributed by atoms with E-state index < -0.39 is 0 Å². The first-order valence-corrected chi connectivity index (χ1v) is 5.10. The van der Waals surface area contributed by atoms with Gasteiger partial charge in [0.15, 0.2) is 0 Å². The fourth-order valence-electron chi connectivity index (χ4n) is 2.04. The van der Waals surface area contributed by atoms with Gasteiger partial charge in [0.2, 0.25) is 5.91 Å². The van der Waals surface area contributed by atoms with Crippen LogP contribution in [0.15, 0.2) is 11.1 Å². The molecule has 0 aromatic rings. The lowest BCUT2D eigenvalue weighted by molar-refractivity contribution is -0.114. The molecule has 0 radical (unpaired) electrons. The van der Waals surface area contributed by atoms with Crippen LogP contribution in [0.2, 0.25) is 0 Å². The fraction of sp³-hybridized carbons (Fsp3) is 0.727. The van der Waals surface area contributed by atoms with Crippen LogP contribution in [0.5, 0.6) is 0 Å². The lowest BCUT2D eigenvalue weighted by Crippen LogP contribution is -2.17. The van der Waals surface area contributed by atoms with Crippen molar-refractivity contribution in [1.82, 2.24) is 0 Å². The van der Waals surface area contributed by atoms with Crippen LogP contribution >= 0.6 is 0 Å². The lowest BCUT2D eigenvalue weighted by atomic mass is 9.82. The fourth-order valence-corrected chi connectivity index (χ4v) is 2.04. The van der Waals surface area contributed by atoms with Crippen LogP contribution in [0, 0.1) is 5.92 Å². The van der Waals surface area contributed by atoms with Crippen LogP contribution in [-0.4, -0.2) is 5.91 Å². The number of carbonyl (C=O) groups is 1. The van der Waals surface area contributed by atoms with Crippen LogP contribution in [0.4, 0.5) is 0 Å². The maximum Gasteiger partial charge on any atom is 0.244 e. The van der Waals surface area contributed by atoms with Crippen molar-refractivity contribution in [3.05, 3.63) is 11.1 Å². The van der Waals surface area contributed by atoms with Gasteiger partial charge >= 0.3 is 0 Å². The Labute approximate surface area is 80.2 Å². The van der Waals surface area contributed by atoms with Crippen LogP contribution in [0.25, 0.3) is 0 Å². The number of hydrogen-bond donors (Lipinski definition) is 1. The molecule has 13 heavy (non-hydrogen) atoms. The average molecular weight is 181 g/mol. The molecule has 1 fully saturated rings. The van der Waals surface area contributed by atoms with E-state index in [0.717, 1.165) is 5.57 Å². The lowest BCUT2D eigenvalue weighted by Gasteiger charge is -2.23. The van der Waals surface area contributed by atoms with Gasteiger partial charge < -0.3 is 5.73 Å². The number of primary amides is 1. The molecule has 0 atom stereocenters. The quantitative estimate of drug-likeness (QED) is 0.653. The Morgan fingerprint density at radius 2 is 1.69 bits per heavy atom. The zero-order valence-corrected chi connectivity index (χ0v) is 8.60. The standard InChI is InChI=1S/C11H19NO/c1-8(9(2)11(12)13)10-6-4-3-5-7-10/h10H,3-7H2,1-2H3,(H2,12,13). The first-order chi connectivity index (χ1) is 6.13. The van der Waals surface area contributed by atoms with Gasteiger partial charge in [0.1, 0.15) is 0 Å². The summed E-state index contributed by atoms with van der Waals surface area (Å²) in [5.41, 5.74) is 7.23. The number of hydrogen-bond acceptors (Lipinski definition) is 1. The van der Waals surface area contributed by atoms with Gasteiger partial charge in [-0.05, 0) is 32.6 Å². The molecular weight excluding hydrogens is 162 g/mol. The minimum absolute atomic E-state index is 0.261. The maximum atomic E-state index is 10.9. The molecule has 2 N–H and O–H groups in total. The van der Waals surface area contributed by atoms with E-state index in [1.54, 1.807) is 0 Å². The Balaban J connectivity index is 2.68. The predicted molar refractivity (Wildman–Crippen MR) is 54.1 cm³/mol. The molecule has 74 valence electrons. The molecule has 0 aromatic heterocycles. The molecule has 0 bridgehead atoms. The third kappa shape index (κ3) is 2.58. The number of allylic oxidation sites excluding steroid dienone is 1. The summed E-state index contributed by atoms with van der Waals surface area (Å²) in [4.78, 5) is 10.9. The van der Waals surface area contributed by atoms with Crippen LogP contribution in [0.3, 0.4) is 0 Å². The summed E-state index contributed by atoms with van der Waals surface area (Å²) in [5, 5.41) is 0. The van der Waals surface area contributed by atoms with Gasteiger partial charge in [-0.1, -0.05) is 24.8 Å². The monoisotopic (exact) mass is 181 g/mol. The van der Waals surface area contributed by atoms with Crippen LogP contribution in [-0.2, 0) is 4.79 Å². The Morgan fingerprint density at radius 3 is 2.15 bits per heavy atom. The Morgan fingerprint density at radius 1 is 1.15 bits per heavy atom. The molecule has 2 nitrogen and oxygen atoms in total. The van der Waals surface area contributed by atoms with Crippen molar-refractivity contribution in [3.63, 3.8) is 0 Å². The topological polar surface area (TPSA) is 43.1 Å². The van der Waals surface area contributed by atoms with Gasteiger partial charge in [-0.3, -0.25) is 4.79 Å². The first-order valence-electron chi connectivity index (χ1n) is 5.10. The summed E-state index contributed by atoms with van der Waals surface area (Å²) < 4.78 is 0. The summed E-state index contributed by atoms with van der Waals surface area (Å²) in [5.74, 6) is 0.351. The molecule has 1 aliphatic rings. The molecular formula is C11H19NO. The Bertz CT molecular complexity index is 224. The summed E-state index contributed by atoms with van der Waals surface area (Å²) >= 11 is 0. The zero-order chi connectivity index (χ0) is 9.84. The summed E-state index contributed by atoms with van der Waals surface area (Å²) in [6.45, 7) is 3.89. The molecule has 1 amide bonds. The van der Waals surface area contributed by atoms with Crippen molar-refractivity contribution < 1.29 is 4.79 Å². The van der Waals surface area contributed by atoms with E-state index in [9.17, 15) is 4.79 Å². The Hall–Kier alpha value is -0.790. The van der Waals surface area contributed by atoms with Crippen molar-refractivity contribution in [3.8, 4) is 0 Å². The van der Waals surface area contributed by atoms with E-state index in [1.807, 2.05) is 6.92 Å². The minimum atomic E-state index is -0.261. The molecule has 0 aliphatic heterocycles. The molecule has 0 spiro atoms. The third-order valence-corrected chi connectivity index (χ3v) is 3.18. The van der Waals surface area contributed by atoms with Gasteiger partial charge in [0, 0.05) is 5.57 Å². The highest BCUT2D eigenvalue weighted by Crippen LogP contribution is 2.30. The van der Waals surface area contributed by atoms with Crippen molar-refractivity contribution in [2.75, 3.05) is 0 Å². The van der Waals surface area contributed by atoms with E-state index in [1.165, 1.54) is 37.7 Å². The first kappa shape index (κ1) is 10.3. The van der Waals surface area contributed by atoms with E-state index in [2.05, 4.69) is 6.92 Å². The molecule has 0 unspecified atom stereocenters. The summed E-state index contributed by atoms with van der Waals surface area (Å²) in [7, 11) is 0. The number of carbonyl (C=O) groups excluding carboxylic acids is 1. The number of rotatable bonds is 2. The largest absolute Gasteiger partial charge is 0.366 e. The highest BCUT2D eigenvalue weighted by Gasteiger charge is 2.17. The second-order valence-electron chi connectivity index (χ2n) is 4.01. The molecule has 0 heterocycles. The molecule has 1 rings (SSSR count). The third-order valence-electron chi connectivity index (χ3n) is 3.18. The van der Waals surface area contributed by atoms with Gasteiger partial charge in [-0.2, -0.15) is 0 Å². The van der Waals surface area contributed by atoms with Gasteiger partial charge in [0.05, 0.1) is 0 Å². The second kappa shape index (κ2) is 4.45. The van der Waals surface area contributed by atoms with Crippen LogP contribution < -0.4 is 5.73 Å². The predicted octanol–water partition coefficient (Wildman–Crippen LogP) is 2.39. The molecule has 1 saturated carbocycles. The van der Waals surface area contributed by atoms with Crippen molar-refractivity contribution in [2.45, 2.75) is 46.0 Å². The highest BCUT2D eigenvalue weighted by molar-refractivity contribution is 5.92. The van der Waals surface area contributed by atoms with Crippen molar-refractivity contribution >= 4 is 5.91 Å². The van der Waals surface area contributed by atoms with Gasteiger partial charge in [-0.25, -0.2) is 0 Å². The van der Waals surface area contributed by atoms with Gasteiger partial charge in [-0.15, -0.1) is 0 Å². The molecule has 2 heteroatoms. The average Bonchev–Trinajstić information content (AvgIpc) is 2.17. The maximum absolute atomic E-state index is 10.9. The number of nitrogens with two attached hydrogens (primary N) is 1. The highest BCUT2D eigenvalue weighted by atomic mass is 16.1. The normalized spacial score (nSPS) is 21.1. The molecule has 0 aromatic carbocycles. The summed E-state index contributed by atoms with van der Waals surface area (Å²) in [6, 6.07) is 0. The Kier molecular flexibility index (Phi) is 3.52. The second-order valence-corrected chi connectivity index (χ2v) is 4.01. The van der Waals surface area contributed by atoms with E-state index in [-0.39, 0.29) is 5.91 Å². The van der Waals surface area contributed by atoms with E-state index >= 15 is 0 Å². The molecule has 1 aliphatic carbocycles. The SMILES string of the molecule is CC(C(N)=O)=C(C)C1CCCCC1. The zero-order valence-electron chi connectivity index (χ0n) is 8.60. The van der Waals surface area contributed by atoms with Crippen molar-refractivity contribution in [1.29, 1.82) is 0 Å². The van der Waals surface area contributed by atoms with Crippen molar-refractivity contribution in [2.24, 2.45) is 11.7 Å². The van der Waals surface area contributed by atoms with E-state index in [0.29, 0.717) is 5.92 Å². The van der Waals surface area contributed by atoms with Gasteiger partial charge in [0.25, 0.3) is 0 Å². The molecule has 0 saturated heterocycles. The number of amides is 1. The van der Waals surface area contributed by atoms with Crippen LogP contribution in [0.1, 0.15) is 46.0 Å². The van der Waals surface area contributed by atoms with E-state index in [4.69, 9.17) is 5.73 Å². The minimum Gasteiger partial charge on any atom is -0.366 e.